The summed E-state index contributed by atoms with van der Waals surface area (Å²) in [6, 6.07) is -0.115. The van der Waals surface area contributed by atoms with Crippen LogP contribution in [0.5, 0.6) is 0 Å². The van der Waals surface area contributed by atoms with Gasteiger partial charge in [-0.25, -0.2) is 9.78 Å². The predicted octanol–water partition coefficient (Wildman–Crippen LogP) is 2.20. The molecule has 0 radical (unpaired) electrons. The largest absolute Gasteiger partial charge is 0.356 e. The zero-order chi connectivity index (χ0) is 16.1. The summed E-state index contributed by atoms with van der Waals surface area (Å²) in [5, 5.41) is 11.7. The smallest absolute Gasteiger partial charge is 0.315 e. The highest BCUT2D eigenvalue weighted by atomic mass is 32.1. The normalized spacial score (nSPS) is 18.8. The molecule has 0 aromatic carbocycles. The van der Waals surface area contributed by atoms with Gasteiger partial charge in [0, 0.05) is 30.6 Å². The van der Waals surface area contributed by atoms with Crippen LogP contribution in [-0.4, -0.2) is 30.0 Å². The molecule has 2 fully saturated rings. The number of rotatable bonds is 8. The van der Waals surface area contributed by atoms with Crippen molar-refractivity contribution in [2.24, 2.45) is 11.8 Å². The third kappa shape index (κ3) is 4.67. The Morgan fingerprint density at radius 3 is 2.61 bits per heavy atom. The summed E-state index contributed by atoms with van der Waals surface area (Å²) in [5.41, 5.74) is 0. The van der Waals surface area contributed by atoms with Crippen molar-refractivity contribution >= 4 is 23.3 Å². The van der Waals surface area contributed by atoms with E-state index in [9.17, 15) is 9.59 Å². The van der Waals surface area contributed by atoms with Gasteiger partial charge in [-0.1, -0.05) is 6.42 Å². The van der Waals surface area contributed by atoms with Gasteiger partial charge in [-0.2, -0.15) is 0 Å². The molecular formula is C16H24N4O2S. The molecule has 1 atom stereocenters. The monoisotopic (exact) mass is 336 g/mol. The predicted molar refractivity (Wildman–Crippen MR) is 89.1 cm³/mol. The third-order valence-electron chi connectivity index (χ3n) is 4.51. The van der Waals surface area contributed by atoms with Gasteiger partial charge in [0.05, 0.1) is 6.04 Å². The maximum atomic E-state index is 12.0. The summed E-state index contributed by atoms with van der Waals surface area (Å²) in [4.78, 5) is 28.0. The summed E-state index contributed by atoms with van der Waals surface area (Å²) in [6.07, 6.45) is 8.03. The van der Waals surface area contributed by atoms with Crippen LogP contribution in [0.4, 0.5) is 4.79 Å². The van der Waals surface area contributed by atoms with E-state index < -0.39 is 0 Å². The van der Waals surface area contributed by atoms with E-state index in [1.165, 1.54) is 6.42 Å². The zero-order valence-corrected chi connectivity index (χ0v) is 14.0. The highest BCUT2D eigenvalue weighted by Crippen LogP contribution is 2.41. The first-order chi connectivity index (χ1) is 11.2. The molecule has 0 aliphatic heterocycles. The highest BCUT2D eigenvalue weighted by molar-refractivity contribution is 7.09. The van der Waals surface area contributed by atoms with E-state index >= 15 is 0 Å². The second-order valence-electron chi connectivity index (χ2n) is 6.36. The van der Waals surface area contributed by atoms with Gasteiger partial charge in [0.2, 0.25) is 5.91 Å². The van der Waals surface area contributed by atoms with Gasteiger partial charge < -0.3 is 16.0 Å². The van der Waals surface area contributed by atoms with Crippen molar-refractivity contribution in [3.8, 4) is 0 Å². The number of hydrogen-bond acceptors (Lipinski definition) is 4. The molecule has 6 nitrogen and oxygen atoms in total. The molecule has 1 aromatic rings. The second kappa shape index (κ2) is 7.77. The number of amides is 3. The molecule has 2 saturated carbocycles. The van der Waals surface area contributed by atoms with Gasteiger partial charge in [0.25, 0.3) is 0 Å². The van der Waals surface area contributed by atoms with Crippen LogP contribution >= 0.6 is 11.3 Å². The summed E-state index contributed by atoms with van der Waals surface area (Å²) in [7, 11) is 0. The lowest BCUT2D eigenvalue weighted by atomic mass is 9.85. The topological polar surface area (TPSA) is 83.1 Å². The first-order valence-corrected chi connectivity index (χ1v) is 9.33. The van der Waals surface area contributed by atoms with Gasteiger partial charge in [0.1, 0.15) is 5.01 Å². The molecule has 126 valence electrons. The Morgan fingerprint density at radius 2 is 2.00 bits per heavy atom. The van der Waals surface area contributed by atoms with Crippen LogP contribution in [0, 0.1) is 11.8 Å². The van der Waals surface area contributed by atoms with E-state index in [4.69, 9.17) is 0 Å². The van der Waals surface area contributed by atoms with Crippen molar-refractivity contribution in [3.63, 3.8) is 0 Å². The molecule has 0 spiro atoms. The van der Waals surface area contributed by atoms with Crippen LogP contribution < -0.4 is 16.0 Å². The van der Waals surface area contributed by atoms with Crippen molar-refractivity contribution in [1.29, 1.82) is 0 Å². The van der Waals surface area contributed by atoms with E-state index in [1.54, 1.807) is 17.5 Å². The number of hydrogen-bond donors (Lipinski definition) is 3. The lowest BCUT2D eigenvalue weighted by Crippen LogP contribution is -2.40. The molecular weight excluding hydrogens is 312 g/mol. The van der Waals surface area contributed by atoms with Crippen molar-refractivity contribution in [2.75, 3.05) is 13.1 Å². The lowest BCUT2D eigenvalue weighted by Gasteiger charge is -2.24. The lowest BCUT2D eigenvalue weighted by molar-refractivity contribution is -0.127. The number of urea groups is 1. The molecule has 3 rings (SSSR count). The molecule has 1 aromatic heterocycles. The van der Waals surface area contributed by atoms with Crippen LogP contribution in [0.15, 0.2) is 11.6 Å². The standard InChI is InChI=1S/C16H24N4O2S/c21-14(12-3-1-4-12)17-7-2-8-19-16(22)20-13(11-5-6-11)15-18-9-10-23-15/h9-13H,1-8H2,(H,17,21)(H2,19,20,22)/t13-/m1/s1. The van der Waals surface area contributed by atoms with E-state index in [1.807, 2.05) is 5.38 Å². The molecule has 2 aliphatic rings. The minimum atomic E-state index is -0.151. The SMILES string of the molecule is O=C(NCCCNC(=O)C1CCC1)N[C@@H](c1nccs1)C1CC1. The number of nitrogens with one attached hydrogen (secondary N) is 3. The fraction of sp³-hybridized carbons (Fsp3) is 0.688. The minimum absolute atomic E-state index is 0.0355. The Hall–Kier alpha value is -1.63. The maximum Gasteiger partial charge on any atom is 0.315 e. The molecule has 3 amide bonds. The Balaban J connectivity index is 1.30. The van der Waals surface area contributed by atoms with Crippen LogP contribution in [0.3, 0.4) is 0 Å². The highest BCUT2D eigenvalue weighted by Gasteiger charge is 2.34. The van der Waals surface area contributed by atoms with E-state index in [0.29, 0.717) is 19.0 Å². The van der Waals surface area contributed by atoms with Gasteiger partial charge >= 0.3 is 6.03 Å². The first kappa shape index (κ1) is 16.2. The molecule has 0 bridgehead atoms. The maximum absolute atomic E-state index is 12.0. The van der Waals surface area contributed by atoms with Crippen molar-refractivity contribution in [3.05, 3.63) is 16.6 Å². The van der Waals surface area contributed by atoms with Crippen molar-refractivity contribution in [2.45, 2.75) is 44.6 Å². The summed E-state index contributed by atoms with van der Waals surface area (Å²) in [6.45, 7) is 1.18. The Bertz CT molecular complexity index is 526. The van der Waals surface area contributed by atoms with Crippen LogP contribution in [0.1, 0.15) is 49.6 Å². The van der Waals surface area contributed by atoms with Crippen LogP contribution in [-0.2, 0) is 4.79 Å². The van der Waals surface area contributed by atoms with Crippen molar-refractivity contribution < 1.29 is 9.59 Å². The molecule has 7 heteroatoms. The summed E-state index contributed by atoms with van der Waals surface area (Å²) >= 11 is 1.59. The van der Waals surface area contributed by atoms with E-state index in [-0.39, 0.29) is 23.9 Å². The molecule has 0 saturated heterocycles. The molecule has 2 aliphatic carbocycles. The summed E-state index contributed by atoms with van der Waals surface area (Å²) < 4.78 is 0. The number of nitrogens with zero attached hydrogens (tertiary/aromatic N) is 1. The Labute approximate surface area is 140 Å². The third-order valence-corrected chi connectivity index (χ3v) is 5.37. The number of aromatic nitrogens is 1. The average Bonchev–Trinajstić information content (AvgIpc) is 3.17. The number of carbonyl (C=O) groups excluding carboxylic acids is 2. The number of carbonyl (C=O) groups is 2. The van der Waals surface area contributed by atoms with E-state index in [2.05, 4.69) is 20.9 Å². The number of thiazole rings is 1. The van der Waals surface area contributed by atoms with Crippen LogP contribution in [0.25, 0.3) is 0 Å². The van der Waals surface area contributed by atoms with Gasteiger partial charge in [-0.15, -0.1) is 11.3 Å². The van der Waals surface area contributed by atoms with Crippen LogP contribution in [0.2, 0.25) is 0 Å². The molecule has 1 heterocycles. The second-order valence-corrected chi connectivity index (χ2v) is 7.28. The Kier molecular flexibility index (Phi) is 5.48. The zero-order valence-electron chi connectivity index (χ0n) is 13.2. The molecule has 23 heavy (non-hydrogen) atoms. The quantitative estimate of drug-likeness (QED) is 0.636. The van der Waals surface area contributed by atoms with Gasteiger partial charge in [-0.3, -0.25) is 4.79 Å². The summed E-state index contributed by atoms with van der Waals surface area (Å²) in [5.74, 6) is 0.913. The van der Waals surface area contributed by atoms with E-state index in [0.717, 1.165) is 37.1 Å². The fourth-order valence-corrected chi connectivity index (χ4v) is 3.49. The first-order valence-electron chi connectivity index (χ1n) is 8.45. The van der Waals surface area contributed by atoms with Gasteiger partial charge in [0.15, 0.2) is 0 Å². The Morgan fingerprint density at radius 1 is 1.22 bits per heavy atom. The molecule has 3 N–H and O–H groups in total. The molecule has 0 unspecified atom stereocenters. The minimum Gasteiger partial charge on any atom is -0.356 e. The average molecular weight is 336 g/mol. The fourth-order valence-electron chi connectivity index (χ4n) is 2.71. The van der Waals surface area contributed by atoms with Gasteiger partial charge in [-0.05, 0) is 38.0 Å². The van der Waals surface area contributed by atoms with Crippen molar-refractivity contribution in [1.82, 2.24) is 20.9 Å².